The van der Waals surface area contributed by atoms with Crippen molar-refractivity contribution in [2.45, 2.75) is 24.8 Å². The van der Waals surface area contributed by atoms with Crippen LogP contribution in [-0.2, 0) is 16.6 Å². The van der Waals surface area contributed by atoms with Gasteiger partial charge in [-0.3, -0.25) is 0 Å². The van der Waals surface area contributed by atoms with Crippen LogP contribution in [0.25, 0.3) is 0 Å². The van der Waals surface area contributed by atoms with Crippen LogP contribution in [-0.4, -0.2) is 52.0 Å². The molecule has 3 N–H and O–H groups in total. The normalized spacial score (nSPS) is 12.2. The van der Waals surface area contributed by atoms with Crippen LogP contribution in [0.4, 0.5) is 0 Å². The number of H-pyrrole nitrogens is 1. The molecule has 0 aliphatic rings. The van der Waals surface area contributed by atoms with Gasteiger partial charge in [0.25, 0.3) is 0 Å². The van der Waals surface area contributed by atoms with Crippen molar-refractivity contribution in [3.8, 4) is 0 Å². The Morgan fingerprint density at radius 1 is 1.37 bits per heavy atom. The zero-order valence-corrected chi connectivity index (χ0v) is 12.7. The van der Waals surface area contributed by atoms with Crippen molar-refractivity contribution >= 4 is 10.0 Å². The van der Waals surface area contributed by atoms with Crippen molar-refractivity contribution in [1.29, 1.82) is 0 Å². The highest BCUT2D eigenvalue weighted by atomic mass is 32.2. The van der Waals surface area contributed by atoms with Gasteiger partial charge in [-0.05, 0) is 39.7 Å². The average Bonchev–Trinajstić information content (AvgIpc) is 2.81. The number of nitrogens with zero attached hydrogens (tertiary/aromatic N) is 1. The Morgan fingerprint density at radius 2 is 2.11 bits per heavy atom. The second-order valence-electron chi connectivity index (χ2n) is 4.70. The van der Waals surface area contributed by atoms with Crippen molar-refractivity contribution in [2.75, 3.05) is 33.7 Å². The maximum absolute atomic E-state index is 12.0. The van der Waals surface area contributed by atoms with Gasteiger partial charge in [-0.15, -0.1) is 0 Å². The van der Waals surface area contributed by atoms with Crippen molar-refractivity contribution in [3.05, 3.63) is 18.0 Å². The van der Waals surface area contributed by atoms with Gasteiger partial charge >= 0.3 is 0 Å². The molecular weight excluding hydrogens is 264 g/mol. The minimum Gasteiger partial charge on any atom is -0.363 e. The molecule has 1 heterocycles. The Labute approximate surface area is 115 Å². The Kier molecular flexibility index (Phi) is 6.50. The van der Waals surface area contributed by atoms with Crippen LogP contribution in [0.1, 0.15) is 19.0 Å². The van der Waals surface area contributed by atoms with Gasteiger partial charge in [0, 0.05) is 25.0 Å². The van der Waals surface area contributed by atoms with Crippen LogP contribution < -0.4 is 10.0 Å². The van der Waals surface area contributed by atoms with E-state index in [1.807, 2.05) is 25.9 Å². The van der Waals surface area contributed by atoms with Gasteiger partial charge in [0.1, 0.15) is 0 Å². The first-order valence-corrected chi connectivity index (χ1v) is 7.96. The zero-order valence-electron chi connectivity index (χ0n) is 11.9. The number of nitrogens with one attached hydrogen (secondary N) is 3. The second-order valence-corrected chi connectivity index (χ2v) is 6.46. The van der Waals surface area contributed by atoms with E-state index in [1.54, 1.807) is 6.07 Å². The lowest BCUT2D eigenvalue weighted by Crippen LogP contribution is -2.27. The molecule has 0 spiro atoms. The molecule has 0 radical (unpaired) electrons. The standard InChI is InChI=1S/C12H24N4O2S/c1-4-13-9-11-8-12(10-14-11)19(17,18)15-6-5-7-16(2)3/h8,10,13-15H,4-7,9H2,1-3H3. The quantitative estimate of drug-likeness (QED) is 0.573. The predicted molar refractivity (Wildman–Crippen MR) is 76.5 cm³/mol. The van der Waals surface area contributed by atoms with Crippen molar-refractivity contribution in [1.82, 2.24) is 19.9 Å². The fraction of sp³-hybridized carbons (Fsp3) is 0.667. The molecule has 110 valence electrons. The lowest BCUT2D eigenvalue weighted by atomic mass is 10.4. The number of aromatic amines is 1. The van der Waals surface area contributed by atoms with Crippen LogP contribution >= 0.6 is 0 Å². The predicted octanol–water partition coefficient (Wildman–Crippen LogP) is 0.354. The monoisotopic (exact) mass is 288 g/mol. The lowest BCUT2D eigenvalue weighted by Gasteiger charge is -2.09. The molecule has 7 heteroatoms. The summed E-state index contributed by atoms with van der Waals surface area (Å²) in [7, 11) is 0.542. The third-order valence-electron chi connectivity index (χ3n) is 2.67. The number of aromatic nitrogens is 1. The Bertz CT molecular complexity index is 468. The second kappa shape index (κ2) is 7.64. The van der Waals surface area contributed by atoms with Gasteiger partial charge < -0.3 is 15.2 Å². The minimum absolute atomic E-state index is 0.297. The third kappa shape index (κ3) is 5.73. The minimum atomic E-state index is -3.39. The van der Waals surface area contributed by atoms with E-state index in [9.17, 15) is 8.42 Å². The van der Waals surface area contributed by atoms with Gasteiger partial charge in [-0.2, -0.15) is 0 Å². The maximum atomic E-state index is 12.0. The van der Waals surface area contributed by atoms with Crippen LogP contribution in [0.15, 0.2) is 17.2 Å². The highest BCUT2D eigenvalue weighted by molar-refractivity contribution is 7.89. The molecule has 6 nitrogen and oxygen atoms in total. The molecule has 0 fully saturated rings. The summed E-state index contributed by atoms with van der Waals surface area (Å²) in [4.78, 5) is 5.29. The molecule has 0 atom stereocenters. The first kappa shape index (κ1) is 16.2. The maximum Gasteiger partial charge on any atom is 0.242 e. The molecule has 0 amide bonds. The first-order chi connectivity index (χ1) is 8.95. The lowest BCUT2D eigenvalue weighted by molar-refractivity contribution is 0.400. The number of hydrogen-bond donors (Lipinski definition) is 3. The molecule has 0 saturated carbocycles. The number of sulfonamides is 1. The first-order valence-electron chi connectivity index (χ1n) is 6.48. The molecular formula is C12H24N4O2S. The van der Waals surface area contributed by atoms with Gasteiger partial charge in [0.05, 0.1) is 4.90 Å². The summed E-state index contributed by atoms with van der Waals surface area (Å²) in [6.07, 6.45) is 2.32. The topological polar surface area (TPSA) is 77.2 Å². The van der Waals surface area contributed by atoms with Gasteiger partial charge in [-0.1, -0.05) is 6.92 Å². The van der Waals surface area contributed by atoms with Crippen molar-refractivity contribution in [3.63, 3.8) is 0 Å². The Hall–Kier alpha value is -0.890. The van der Waals surface area contributed by atoms with Crippen LogP contribution in [0.3, 0.4) is 0 Å². The van der Waals surface area contributed by atoms with E-state index in [4.69, 9.17) is 0 Å². The van der Waals surface area contributed by atoms with Crippen molar-refractivity contribution < 1.29 is 8.42 Å². The van der Waals surface area contributed by atoms with E-state index >= 15 is 0 Å². The molecule has 1 aromatic heterocycles. The number of hydrogen-bond acceptors (Lipinski definition) is 4. The average molecular weight is 288 g/mol. The van der Waals surface area contributed by atoms with Crippen molar-refractivity contribution in [2.24, 2.45) is 0 Å². The van der Waals surface area contributed by atoms with Gasteiger partial charge in [0.2, 0.25) is 10.0 Å². The van der Waals surface area contributed by atoms with E-state index in [0.717, 1.165) is 25.2 Å². The fourth-order valence-corrected chi connectivity index (χ4v) is 2.71. The molecule has 1 aromatic rings. The molecule has 0 aliphatic heterocycles. The Balaban J connectivity index is 2.50. The molecule has 1 rings (SSSR count). The van der Waals surface area contributed by atoms with Gasteiger partial charge in [0.15, 0.2) is 0 Å². The largest absolute Gasteiger partial charge is 0.363 e. The highest BCUT2D eigenvalue weighted by Crippen LogP contribution is 2.10. The van der Waals surface area contributed by atoms with Gasteiger partial charge in [-0.25, -0.2) is 13.1 Å². The van der Waals surface area contributed by atoms with Crippen LogP contribution in [0.5, 0.6) is 0 Å². The van der Waals surface area contributed by atoms with E-state index < -0.39 is 10.0 Å². The Morgan fingerprint density at radius 3 is 2.74 bits per heavy atom. The summed E-state index contributed by atoms with van der Waals surface area (Å²) >= 11 is 0. The zero-order chi connectivity index (χ0) is 14.3. The SMILES string of the molecule is CCNCc1cc(S(=O)(=O)NCCCN(C)C)c[nH]1. The van der Waals surface area contributed by atoms with E-state index in [1.165, 1.54) is 6.20 Å². The van der Waals surface area contributed by atoms with Crippen LogP contribution in [0, 0.1) is 0 Å². The molecule has 19 heavy (non-hydrogen) atoms. The van der Waals surface area contributed by atoms with Crippen LogP contribution in [0.2, 0.25) is 0 Å². The molecule has 0 aliphatic carbocycles. The number of rotatable bonds is 9. The smallest absolute Gasteiger partial charge is 0.242 e. The molecule has 0 aromatic carbocycles. The summed E-state index contributed by atoms with van der Waals surface area (Å²) in [6.45, 7) is 4.82. The summed E-state index contributed by atoms with van der Waals surface area (Å²) in [5.41, 5.74) is 0.871. The summed E-state index contributed by atoms with van der Waals surface area (Å²) < 4.78 is 26.6. The molecule has 0 saturated heterocycles. The summed E-state index contributed by atoms with van der Waals surface area (Å²) in [5, 5.41) is 3.14. The fourth-order valence-electron chi connectivity index (χ4n) is 1.62. The van der Waals surface area contributed by atoms with E-state index in [2.05, 4.69) is 15.0 Å². The van der Waals surface area contributed by atoms with E-state index in [0.29, 0.717) is 18.0 Å². The third-order valence-corrected chi connectivity index (χ3v) is 4.11. The van der Waals surface area contributed by atoms with E-state index in [-0.39, 0.29) is 0 Å². The summed E-state index contributed by atoms with van der Waals surface area (Å²) in [5.74, 6) is 0. The summed E-state index contributed by atoms with van der Waals surface area (Å²) in [6, 6.07) is 1.66. The molecule has 0 unspecified atom stereocenters. The molecule has 0 bridgehead atoms. The highest BCUT2D eigenvalue weighted by Gasteiger charge is 2.15.